The molecule has 3 rings (SSSR count). The highest BCUT2D eigenvalue weighted by Crippen LogP contribution is 2.33. The van der Waals surface area contributed by atoms with Crippen LogP contribution in [-0.4, -0.2) is 66.5 Å². The number of methoxy groups -OCH3 is 2. The third-order valence-electron chi connectivity index (χ3n) is 5.30. The molecule has 0 unspecified atom stereocenters. The Labute approximate surface area is 199 Å². The number of benzene rings is 2. The highest BCUT2D eigenvalue weighted by molar-refractivity contribution is 7.92. The molecule has 184 valence electrons. The summed E-state index contributed by atoms with van der Waals surface area (Å²) in [5.41, 5.74) is 0.684. The van der Waals surface area contributed by atoms with Crippen LogP contribution in [0.3, 0.4) is 0 Å². The zero-order valence-electron chi connectivity index (χ0n) is 19.4. The lowest BCUT2D eigenvalue weighted by atomic mass is 10.1. The molecule has 1 aliphatic rings. The normalized spacial score (nSPS) is 15.4. The van der Waals surface area contributed by atoms with Gasteiger partial charge in [-0.25, -0.2) is 8.42 Å². The first-order chi connectivity index (χ1) is 16.2. The molecule has 1 heterocycles. The molecule has 0 aliphatic carbocycles. The molecule has 1 saturated heterocycles. The number of sulfonamides is 1. The minimum atomic E-state index is -3.86. The van der Waals surface area contributed by atoms with E-state index in [1.165, 1.54) is 20.3 Å². The number of carbonyl (C=O) groups is 2. The van der Waals surface area contributed by atoms with Gasteiger partial charge in [0.05, 0.1) is 43.5 Å². The van der Waals surface area contributed by atoms with Crippen molar-refractivity contribution in [2.45, 2.75) is 18.9 Å². The molecule has 0 radical (unpaired) electrons. The van der Waals surface area contributed by atoms with Crippen molar-refractivity contribution in [3.05, 3.63) is 48.0 Å². The number of carbonyl (C=O) groups excluding carboxylic acids is 2. The number of hydrogen-bond donors (Lipinski definition) is 2. The summed E-state index contributed by atoms with van der Waals surface area (Å²) < 4.78 is 42.0. The second-order valence-corrected chi connectivity index (χ2v) is 9.65. The largest absolute Gasteiger partial charge is 0.497 e. The van der Waals surface area contributed by atoms with Gasteiger partial charge in [0.15, 0.2) is 0 Å². The monoisotopic (exact) mass is 491 g/mol. The minimum Gasteiger partial charge on any atom is -0.497 e. The average molecular weight is 492 g/mol. The van der Waals surface area contributed by atoms with Crippen molar-refractivity contribution < 1.29 is 32.2 Å². The van der Waals surface area contributed by atoms with E-state index in [2.05, 4.69) is 10.6 Å². The summed E-state index contributed by atoms with van der Waals surface area (Å²) in [5.74, 6) is -0.332. The lowest BCUT2D eigenvalue weighted by Gasteiger charge is -2.24. The van der Waals surface area contributed by atoms with Crippen LogP contribution in [0, 0.1) is 0 Å². The summed E-state index contributed by atoms with van der Waals surface area (Å²) in [6.07, 6.45) is 2.81. The molecule has 10 nitrogen and oxygen atoms in total. The van der Waals surface area contributed by atoms with Gasteiger partial charge in [0.25, 0.3) is 5.91 Å². The quantitative estimate of drug-likeness (QED) is 0.521. The fraction of sp³-hybridized carbons (Fsp3) is 0.391. The number of rotatable bonds is 10. The van der Waals surface area contributed by atoms with E-state index in [9.17, 15) is 18.0 Å². The van der Waals surface area contributed by atoms with Gasteiger partial charge in [-0.15, -0.1) is 0 Å². The van der Waals surface area contributed by atoms with Crippen LogP contribution < -0.4 is 24.4 Å². The number of para-hydroxylation sites is 1. The standard InChI is InChI=1S/C23H29N3O7S/c1-31-16-10-11-21(32-2)20(13-16)26(34(3,29)30)15-22(27)25-19-9-5-4-8-18(19)23(28)24-14-17-7-6-12-33-17/h4-5,8-11,13,17H,6-7,12,14-15H2,1-3H3,(H,24,28)(H,25,27)/t17-/m0/s1. The van der Waals surface area contributed by atoms with Crippen molar-refractivity contribution in [2.75, 3.05) is 49.8 Å². The summed E-state index contributed by atoms with van der Waals surface area (Å²) >= 11 is 0. The SMILES string of the molecule is COc1ccc(OC)c(N(CC(=O)Nc2ccccc2C(=O)NC[C@@H]2CCCO2)S(C)(=O)=O)c1. The van der Waals surface area contributed by atoms with Gasteiger partial charge in [-0.2, -0.15) is 0 Å². The molecule has 2 amide bonds. The fourth-order valence-corrected chi connectivity index (χ4v) is 4.44. The van der Waals surface area contributed by atoms with E-state index in [0.717, 1.165) is 23.4 Å². The van der Waals surface area contributed by atoms with Crippen LogP contribution in [0.15, 0.2) is 42.5 Å². The molecule has 0 spiro atoms. The summed E-state index contributed by atoms with van der Waals surface area (Å²) in [4.78, 5) is 25.6. The van der Waals surface area contributed by atoms with E-state index in [4.69, 9.17) is 14.2 Å². The van der Waals surface area contributed by atoms with Gasteiger partial charge in [-0.05, 0) is 37.1 Å². The molecule has 1 atom stereocenters. The van der Waals surface area contributed by atoms with Crippen LogP contribution in [-0.2, 0) is 19.6 Å². The second kappa shape index (κ2) is 11.2. The van der Waals surface area contributed by atoms with Gasteiger partial charge in [-0.1, -0.05) is 12.1 Å². The minimum absolute atomic E-state index is 0.0214. The van der Waals surface area contributed by atoms with Gasteiger partial charge in [0.2, 0.25) is 15.9 Å². The topological polar surface area (TPSA) is 123 Å². The molecule has 11 heteroatoms. The summed E-state index contributed by atoms with van der Waals surface area (Å²) in [7, 11) is -1.02. The average Bonchev–Trinajstić information content (AvgIpc) is 3.34. The molecule has 34 heavy (non-hydrogen) atoms. The van der Waals surface area contributed by atoms with Crippen LogP contribution in [0.4, 0.5) is 11.4 Å². The summed E-state index contributed by atoms with van der Waals surface area (Å²) in [6.45, 7) is 0.523. The number of nitrogens with one attached hydrogen (secondary N) is 2. The first kappa shape index (κ1) is 25.3. The van der Waals surface area contributed by atoms with Crippen molar-refractivity contribution in [3.8, 4) is 11.5 Å². The number of ether oxygens (including phenoxy) is 3. The lowest BCUT2D eigenvalue weighted by Crippen LogP contribution is -2.38. The second-order valence-electron chi connectivity index (χ2n) is 7.75. The molecule has 2 aromatic rings. The molecule has 0 aromatic heterocycles. The van der Waals surface area contributed by atoms with E-state index >= 15 is 0 Å². The maximum Gasteiger partial charge on any atom is 0.253 e. The van der Waals surface area contributed by atoms with E-state index in [0.29, 0.717) is 18.9 Å². The predicted octanol–water partition coefficient (Wildman–Crippen LogP) is 2.02. The van der Waals surface area contributed by atoms with Gasteiger partial charge >= 0.3 is 0 Å². The van der Waals surface area contributed by atoms with Gasteiger partial charge in [0.1, 0.15) is 18.0 Å². The number of anilines is 2. The van der Waals surface area contributed by atoms with E-state index < -0.39 is 22.5 Å². The Morgan fingerprint density at radius 1 is 1.15 bits per heavy atom. The zero-order valence-corrected chi connectivity index (χ0v) is 20.2. The molecule has 0 bridgehead atoms. The highest BCUT2D eigenvalue weighted by atomic mass is 32.2. The molecule has 2 aromatic carbocycles. The van der Waals surface area contributed by atoms with Crippen LogP contribution in [0.2, 0.25) is 0 Å². The van der Waals surface area contributed by atoms with Gasteiger partial charge < -0.3 is 24.8 Å². The number of nitrogens with zero attached hydrogens (tertiary/aromatic N) is 1. The summed E-state index contributed by atoms with van der Waals surface area (Å²) in [6, 6.07) is 11.2. The third-order valence-corrected chi connectivity index (χ3v) is 6.43. The van der Waals surface area contributed by atoms with Crippen LogP contribution in [0.5, 0.6) is 11.5 Å². The van der Waals surface area contributed by atoms with Crippen LogP contribution in [0.25, 0.3) is 0 Å². The molecule has 2 N–H and O–H groups in total. The Morgan fingerprint density at radius 2 is 1.91 bits per heavy atom. The van der Waals surface area contributed by atoms with E-state index in [1.54, 1.807) is 36.4 Å². The van der Waals surface area contributed by atoms with Crippen molar-refractivity contribution in [3.63, 3.8) is 0 Å². The smallest absolute Gasteiger partial charge is 0.253 e. The Kier molecular flexibility index (Phi) is 8.35. The first-order valence-corrected chi connectivity index (χ1v) is 12.6. The number of amides is 2. The Bertz CT molecular complexity index is 1130. The highest BCUT2D eigenvalue weighted by Gasteiger charge is 2.25. The Balaban J connectivity index is 1.78. The summed E-state index contributed by atoms with van der Waals surface area (Å²) in [5, 5.41) is 5.47. The van der Waals surface area contributed by atoms with Crippen LogP contribution >= 0.6 is 0 Å². The lowest BCUT2D eigenvalue weighted by molar-refractivity contribution is -0.114. The molecule has 1 fully saturated rings. The first-order valence-electron chi connectivity index (χ1n) is 10.7. The Morgan fingerprint density at radius 3 is 2.56 bits per heavy atom. The van der Waals surface area contributed by atoms with Crippen LogP contribution in [0.1, 0.15) is 23.2 Å². The predicted molar refractivity (Wildman–Crippen MR) is 128 cm³/mol. The molecule has 1 aliphatic heterocycles. The van der Waals surface area contributed by atoms with E-state index in [1.807, 2.05) is 0 Å². The maximum atomic E-state index is 12.9. The van der Waals surface area contributed by atoms with Crippen molar-refractivity contribution >= 4 is 33.2 Å². The van der Waals surface area contributed by atoms with Crippen molar-refractivity contribution in [2.24, 2.45) is 0 Å². The molecular formula is C23H29N3O7S. The fourth-order valence-electron chi connectivity index (χ4n) is 3.59. The number of hydrogen-bond acceptors (Lipinski definition) is 7. The molecule has 0 saturated carbocycles. The van der Waals surface area contributed by atoms with Crippen molar-refractivity contribution in [1.82, 2.24) is 5.32 Å². The Hall–Kier alpha value is -3.31. The maximum absolute atomic E-state index is 12.9. The zero-order chi connectivity index (χ0) is 24.7. The van der Waals surface area contributed by atoms with Crippen molar-refractivity contribution in [1.29, 1.82) is 0 Å². The van der Waals surface area contributed by atoms with Gasteiger partial charge in [0, 0.05) is 19.2 Å². The van der Waals surface area contributed by atoms with E-state index in [-0.39, 0.29) is 34.7 Å². The molecular weight excluding hydrogens is 462 g/mol. The van der Waals surface area contributed by atoms with Gasteiger partial charge in [-0.3, -0.25) is 13.9 Å². The third kappa shape index (κ3) is 6.39.